The van der Waals surface area contributed by atoms with Gasteiger partial charge in [-0.25, -0.2) is 4.98 Å². The number of alkyl halides is 3. The zero-order valence-corrected chi connectivity index (χ0v) is 19.5. The number of carbonyl (C=O) groups is 2. The number of benzene rings is 1. The summed E-state index contributed by atoms with van der Waals surface area (Å²) in [4.78, 5) is 30.9. The molecule has 0 spiro atoms. The molecule has 0 radical (unpaired) electrons. The second-order valence-corrected chi connectivity index (χ2v) is 8.57. The van der Waals surface area contributed by atoms with Gasteiger partial charge in [-0.2, -0.15) is 13.2 Å². The maximum Gasteiger partial charge on any atom is 0.416 e. The van der Waals surface area contributed by atoms with Crippen LogP contribution in [0.5, 0.6) is 0 Å². The molecule has 1 fully saturated rings. The molecule has 1 saturated heterocycles. The van der Waals surface area contributed by atoms with E-state index in [9.17, 15) is 22.8 Å². The number of hydrogen-bond donors (Lipinski definition) is 2. The van der Waals surface area contributed by atoms with E-state index in [0.717, 1.165) is 36.3 Å². The number of hydrogen-bond acceptors (Lipinski definition) is 7. The van der Waals surface area contributed by atoms with Crippen molar-refractivity contribution in [3.05, 3.63) is 40.9 Å². The van der Waals surface area contributed by atoms with Crippen molar-refractivity contribution in [2.75, 3.05) is 45.3 Å². The van der Waals surface area contributed by atoms with Gasteiger partial charge >= 0.3 is 6.18 Å². The van der Waals surface area contributed by atoms with Gasteiger partial charge in [0.2, 0.25) is 5.91 Å². The number of ether oxygens (including phenoxy) is 2. The van der Waals surface area contributed by atoms with Gasteiger partial charge in [0.25, 0.3) is 5.91 Å². The first-order valence-electron chi connectivity index (χ1n) is 10.8. The summed E-state index contributed by atoms with van der Waals surface area (Å²) in [6.45, 7) is 1.87. The van der Waals surface area contributed by atoms with E-state index in [4.69, 9.17) is 9.47 Å². The summed E-state index contributed by atoms with van der Waals surface area (Å²) < 4.78 is 49.3. The molecule has 1 aromatic heterocycles. The molecule has 1 atom stereocenters. The molecule has 34 heavy (non-hydrogen) atoms. The maximum absolute atomic E-state index is 13.0. The lowest BCUT2D eigenvalue weighted by Gasteiger charge is -2.21. The van der Waals surface area contributed by atoms with Crippen LogP contribution < -0.4 is 10.6 Å². The minimum Gasteiger partial charge on any atom is -0.383 e. The summed E-state index contributed by atoms with van der Waals surface area (Å²) in [5.41, 5.74) is -0.438. The van der Waals surface area contributed by atoms with Crippen LogP contribution in [0.4, 0.5) is 24.0 Å². The van der Waals surface area contributed by atoms with Gasteiger partial charge in [-0.3, -0.25) is 9.59 Å². The van der Waals surface area contributed by atoms with Gasteiger partial charge in [-0.1, -0.05) is 6.07 Å². The van der Waals surface area contributed by atoms with Crippen molar-refractivity contribution < 1.29 is 32.2 Å². The molecule has 12 heteroatoms. The minimum absolute atomic E-state index is 0.0351. The van der Waals surface area contributed by atoms with Crippen LogP contribution in [0.1, 0.15) is 35.3 Å². The molecular formula is C22H27F3N4O4S. The molecule has 2 N–H and O–H groups in total. The van der Waals surface area contributed by atoms with Crippen LogP contribution in [0.3, 0.4) is 0 Å². The van der Waals surface area contributed by atoms with E-state index in [1.807, 2.05) is 0 Å². The molecule has 1 aliphatic rings. The van der Waals surface area contributed by atoms with Crippen molar-refractivity contribution in [1.82, 2.24) is 15.2 Å². The third-order valence-corrected chi connectivity index (χ3v) is 5.93. The molecule has 1 aromatic carbocycles. The summed E-state index contributed by atoms with van der Waals surface area (Å²) in [6.07, 6.45) is -2.41. The highest BCUT2D eigenvalue weighted by atomic mass is 32.1. The number of halogens is 3. The molecule has 186 valence electrons. The molecule has 2 amide bonds. The largest absolute Gasteiger partial charge is 0.416 e. The van der Waals surface area contributed by atoms with Crippen molar-refractivity contribution in [3.63, 3.8) is 0 Å². The van der Waals surface area contributed by atoms with E-state index >= 15 is 0 Å². The minimum atomic E-state index is -4.46. The van der Waals surface area contributed by atoms with Gasteiger partial charge in [-0.05, 0) is 31.0 Å². The van der Waals surface area contributed by atoms with Crippen LogP contribution in [0, 0.1) is 0 Å². The summed E-state index contributed by atoms with van der Waals surface area (Å²) in [5.74, 6) is -0.576. The van der Waals surface area contributed by atoms with E-state index in [-0.39, 0.29) is 54.6 Å². The van der Waals surface area contributed by atoms with Gasteiger partial charge in [0.05, 0.1) is 18.3 Å². The molecule has 2 aromatic rings. The zero-order chi connectivity index (χ0) is 24.6. The quantitative estimate of drug-likeness (QED) is 0.489. The highest BCUT2D eigenvalue weighted by Crippen LogP contribution is 2.32. The fourth-order valence-corrected chi connectivity index (χ4v) is 4.07. The highest BCUT2D eigenvalue weighted by molar-refractivity contribution is 7.14. The SMILES string of the molecule is COCCN(CCC(=O)NCC1CCCO1)C(=O)c1csc(Nc2cccc(C(F)(F)F)c2)n1. The van der Waals surface area contributed by atoms with Crippen LogP contribution in [-0.2, 0) is 20.4 Å². The first-order chi connectivity index (χ1) is 16.3. The van der Waals surface area contributed by atoms with Gasteiger partial charge < -0.3 is 25.0 Å². The molecule has 0 bridgehead atoms. The number of thiazole rings is 1. The molecular weight excluding hydrogens is 473 g/mol. The zero-order valence-electron chi connectivity index (χ0n) is 18.7. The van der Waals surface area contributed by atoms with Gasteiger partial charge in [0.1, 0.15) is 5.69 Å². The summed E-state index contributed by atoms with van der Waals surface area (Å²) in [7, 11) is 1.51. The highest BCUT2D eigenvalue weighted by Gasteiger charge is 2.30. The summed E-state index contributed by atoms with van der Waals surface area (Å²) in [6, 6.07) is 4.73. The third kappa shape index (κ3) is 7.67. The van der Waals surface area contributed by atoms with Crippen LogP contribution >= 0.6 is 11.3 Å². The Morgan fingerprint density at radius 2 is 2.15 bits per heavy atom. The smallest absolute Gasteiger partial charge is 0.383 e. The first kappa shape index (κ1) is 25.9. The number of nitrogens with zero attached hydrogens (tertiary/aromatic N) is 2. The van der Waals surface area contributed by atoms with Gasteiger partial charge in [0, 0.05) is 50.8 Å². The lowest BCUT2D eigenvalue weighted by molar-refractivity contribution is -0.137. The Balaban J connectivity index is 1.58. The fraction of sp³-hybridized carbons (Fsp3) is 0.500. The topological polar surface area (TPSA) is 92.8 Å². The Labute approximate surface area is 199 Å². The van der Waals surface area contributed by atoms with Crippen molar-refractivity contribution in [2.45, 2.75) is 31.5 Å². The molecule has 8 nitrogen and oxygen atoms in total. The molecule has 3 rings (SSSR count). The molecule has 1 unspecified atom stereocenters. The number of carbonyl (C=O) groups excluding carboxylic acids is 2. The monoisotopic (exact) mass is 500 g/mol. The number of methoxy groups -OCH3 is 1. The van der Waals surface area contributed by atoms with Gasteiger partial charge in [-0.15, -0.1) is 11.3 Å². The van der Waals surface area contributed by atoms with Crippen molar-refractivity contribution in [2.24, 2.45) is 0 Å². The maximum atomic E-state index is 13.0. The normalized spacial score (nSPS) is 15.8. The van der Waals surface area contributed by atoms with Crippen LogP contribution in [0.15, 0.2) is 29.6 Å². The summed E-state index contributed by atoms with van der Waals surface area (Å²) in [5, 5.41) is 7.43. The van der Waals surface area contributed by atoms with Crippen LogP contribution in [-0.4, -0.2) is 67.8 Å². The second kappa shape index (κ2) is 12.1. The Hall–Kier alpha value is -2.70. The van der Waals surface area contributed by atoms with E-state index in [1.54, 1.807) is 0 Å². The number of anilines is 2. The Morgan fingerprint density at radius 3 is 2.85 bits per heavy atom. The predicted molar refractivity (Wildman–Crippen MR) is 121 cm³/mol. The third-order valence-electron chi connectivity index (χ3n) is 5.18. The number of amides is 2. The Kier molecular flexibility index (Phi) is 9.25. The van der Waals surface area contributed by atoms with Gasteiger partial charge in [0.15, 0.2) is 5.13 Å². The standard InChI is InChI=1S/C22H27F3N4O4S/c1-32-11-9-29(8-7-19(30)26-13-17-6-3-10-33-17)20(31)18-14-34-21(28-18)27-16-5-2-4-15(12-16)22(23,24)25/h2,4-5,12,14,17H,3,6-11,13H2,1H3,(H,26,30)(H,27,28). The average Bonchev–Trinajstić information content (AvgIpc) is 3.49. The number of aromatic nitrogens is 1. The summed E-state index contributed by atoms with van der Waals surface area (Å²) >= 11 is 1.10. The van der Waals surface area contributed by atoms with Crippen LogP contribution in [0.2, 0.25) is 0 Å². The van der Waals surface area contributed by atoms with E-state index in [1.165, 1.54) is 29.5 Å². The molecule has 0 aliphatic carbocycles. The predicted octanol–water partition coefficient (Wildman–Crippen LogP) is 3.68. The van der Waals surface area contributed by atoms with Crippen molar-refractivity contribution in [3.8, 4) is 0 Å². The second-order valence-electron chi connectivity index (χ2n) is 7.72. The molecule has 0 saturated carbocycles. The average molecular weight is 501 g/mol. The van der Waals surface area contributed by atoms with Crippen molar-refractivity contribution in [1.29, 1.82) is 0 Å². The fourth-order valence-electron chi connectivity index (χ4n) is 3.36. The van der Waals surface area contributed by atoms with Crippen LogP contribution in [0.25, 0.3) is 0 Å². The van der Waals surface area contributed by atoms with E-state index in [0.29, 0.717) is 13.2 Å². The lowest BCUT2D eigenvalue weighted by Crippen LogP contribution is -2.38. The first-order valence-corrected chi connectivity index (χ1v) is 11.7. The van der Waals surface area contributed by atoms with Crippen molar-refractivity contribution >= 4 is 34.0 Å². The Bertz CT molecular complexity index is 964. The van der Waals surface area contributed by atoms with E-state index < -0.39 is 17.6 Å². The van der Waals surface area contributed by atoms with E-state index in [2.05, 4.69) is 15.6 Å². The molecule has 1 aliphatic heterocycles. The number of nitrogens with one attached hydrogen (secondary N) is 2. The number of rotatable bonds is 11. The lowest BCUT2D eigenvalue weighted by atomic mass is 10.2. The molecule has 2 heterocycles. The Morgan fingerprint density at radius 1 is 1.32 bits per heavy atom.